The first-order valence-electron chi connectivity index (χ1n) is 8.18. The number of amides is 1. The Kier molecular flexibility index (Phi) is 4.48. The number of hydrogen-bond donors (Lipinski definition) is 1. The third-order valence-electron chi connectivity index (χ3n) is 4.78. The summed E-state index contributed by atoms with van der Waals surface area (Å²) in [6, 6.07) is 8.28. The second-order valence-corrected chi connectivity index (χ2v) is 6.14. The van der Waals surface area contributed by atoms with Gasteiger partial charge in [-0.05, 0) is 37.3 Å². The van der Waals surface area contributed by atoms with Gasteiger partial charge in [0.05, 0.1) is 6.42 Å². The summed E-state index contributed by atoms with van der Waals surface area (Å²) in [5, 5.41) is 10.4. The molecule has 4 heteroatoms. The molecule has 1 aromatic carbocycles. The normalized spacial score (nSPS) is 16.4. The van der Waals surface area contributed by atoms with E-state index < -0.39 is 0 Å². The standard InChI is InChI=1S/C18H24N2O2/c1-2-19-12-15(16-5-3-4-6-17(16)19)11-18(22)20-9-7-14(13-21)8-10-20/h3-6,12,14,21H,2,7-11,13H2,1H3. The van der Waals surface area contributed by atoms with E-state index >= 15 is 0 Å². The van der Waals surface area contributed by atoms with Gasteiger partial charge in [-0.15, -0.1) is 0 Å². The number of nitrogens with zero attached hydrogens (tertiary/aromatic N) is 2. The number of rotatable bonds is 4. The van der Waals surface area contributed by atoms with Crippen molar-refractivity contribution in [2.45, 2.75) is 32.7 Å². The first-order chi connectivity index (χ1) is 10.7. The molecular formula is C18H24N2O2. The Balaban J connectivity index is 1.74. The topological polar surface area (TPSA) is 45.5 Å². The largest absolute Gasteiger partial charge is 0.396 e. The van der Waals surface area contributed by atoms with Gasteiger partial charge in [0.1, 0.15) is 0 Å². The second-order valence-electron chi connectivity index (χ2n) is 6.14. The van der Waals surface area contributed by atoms with Crippen molar-refractivity contribution in [3.8, 4) is 0 Å². The average Bonchev–Trinajstić information content (AvgIpc) is 2.93. The van der Waals surface area contributed by atoms with E-state index in [4.69, 9.17) is 0 Å². The van der Waals surface area contributed by atoms with Crippen LogP contribution in [0.25, 0.3) is 10.9 Å². The maximum absolute atomic E-state index is 12.6. The van der Waals surface area contributed by atoms with Crippen LogP contribution in [-0.4, -0.2) is 40.2 Å². The smallest absolute Gasteiger partial charge is 0.227 e. The van der Waals surface area contributed by atoms with Crippen molar-refractivity contribution in [3.05, 3.63) is 36.0 Å². The molecule has 1 aliphatic heterocycles. The van der Waals surface area contributed by atoms with Crippen LogP contribution in [0.2, 0.25) is 0 Å². The van der Waals surface area contributed by atoms with Crippen LogP contribution in [0.4, 0.5) is 0 Å². The third-order valence-corrected chi connectivity index (χ3v) is 4.78. The number of para-hydroxylation sites is 1. The summed E-state index contributed by atoms with van der Waals surface area (Å²) in [6.45, 7) is 4.83. The summed E-state index contributed by atoms with van der Waals surface area (Å²) < 4.78 is 2.20. The molecule has 22 heavy (non-hydrogen) atoms. The Morgan fingerprint density at radius 3 is 2.68 bits per heavy atom. The quantitative estimate of drug-likeness (QED) is 0.942. The summed E-state index contributed by atoms with van der Waals surface area (Å²) in [7, 11) is 0. The van der Waals surface area contributed by atoms with Crippen LogP contribution in [0.1, 0.15) is 25.3 Å². The van der Waals surface area contributed by atoms with Crippen LogP contribution in [0.3, 0.4) is 0 Å². The van der Waals surface area contributed by atoms with Gasteiger partial charge in [0, 0.05) is 43.3 Å². The Hall–Kier alpha value is -1.81. The van der Waals surface area contributed by atoms with E-state index in [0.717, 1.165) is 38.0 Å². The van der Waals surface area contributed by atoms with Gasteiger partial charge in [-0.1, -0.05) is 18.2 Å². The van der Waals surface area contributed by atoms with Crippen molar-refractivity contribution in [2.75, 3.05) is 19.7 Å². The molecular weight excluding hydrogens is 276 g/mol. The number of carbonyl (C=O) groups excluding carboxylic acids is 1. The molecule has 4 nitrogen and oxygen atoms in total. The fourth-order valence-electron chi connectivity index (χ4n) is 3.36. The van der Waals surface area contributed by atoms with Gasteiger partial charge >= 0.3 is 0 Å². The van der Waals surface area contributed by atoms with E-state index in [1.807, 2.05) is 17.0 Å². The zero-order chi connectivity index (χ0) is 15.5. The predicted molar refractivity (Wildman–Crippen MR) is 87.7 cm³/mol. The van der Waals surface area contributed by atoms with Crippen molar-refractivity contribution in [1.29, 1.82) is 0 Å². The number of aromatic nitrogens is 1. The molecule has 1 amide bonds. The van der Waals surface area contributed by atoms with Gasteiger partial charge in [0.2, 0.25) is 5.91 Å². The van der Waals surface area contributed by atoms with Gasteiger partial charge in [0.25, 0.3) is 0 Å². The van der Waals surface area contributed by atoms with E-state index in [1.54, 1.807) is 0 Å². The molecule has 1 aromatic heterocycles. The molecule has 1 saturated heterocycles. The number of benzene rings is 1. The van der Waals surface area contributed by atoms with E-state index in [9.17, 15) is 9.90 Å². The highest BCUT2D eigenvalue weighted by molar-refractivity contribution is 5.89. The summed E-state index contributed by atoms with van der Waals surface area (Å²) in [5.74, 6) is 0.571. The van der Waals surface area contributed by atoms with E-state index in [-0.39, 0.29) is 12.5 Å². The van der Waals surface area contributed by atoms with Crippen LogP contribution in [-0.2, 0) is 17.8 Å². The average molecular weight is 300 g/mol. The summed E-state index contributed by atoms with van der Waals surface area (Å²) in [5.41, 5.74) is 2.32. The molecule has 0 spiro atoms. The maximum Gasteiger partial charge on any atom is 0.227 e. The Bertz CT molecular complexity index is 654. The maximum atomic E-state index is 12.6. The molecule has 2 heterocycles. The van der Waals surface area contributed by atoms with Crippen molar-refractivity contribution in [2.24, 2.45) is 5.92 Å². The minimum absolute atomic E-state index is 0.204. The fraction of sp³-hybridized carbons (Fsp3) is 0.500. The molecule has 0 bridgehead atoms. The van der Waals surface area contributed by atoms with Crippen LogP contribution >= 0.6 is 0 Å². The van der Waals surface area contributed by atoms with Crippen molar-refractivity contribution < 1.29 is 9.90 Å². The van der Waals surface area contributed by atoms with Gasteiger partial charge in [-0.25, -0.2) is 0 Å². The summed E-state index contributed by atoms with van der Waals surface area (Å²) in [4.78, 5) is 14.5. The molecule has 0 unspecified atom stereocenters. The van der Waals surface area contributed by atoms with Gasteiger partial charge in [-0.3, -0.25) is 4.79 Å². The Labute approximate surface area is 131 Å². The van der Waals surface area contributed by atoms with Crippen molar-refractivity contribution in [1.82, 2.24) is 9.47 Å². The number of fused-ring (bicyclic) bond motifs is 1. The first kappa shape index (κ1) is 15.1. The molecule has 2 aromatic rings. The molecule has 1 aliphatic rings. The SMILES string of the molecule is CCn1cc(CC(=O)N2CCC(CO)CC2)c2ccccc21. The van der Waals surface area contributed by atoms with E-state index in [2.05, 4.69) is 29.8 Å². The molecule has 0 saturated carbocycles. The lowest BCUT2D eigenvalue weighted by Crippen LogP contribution is -2.40. The second kappa shape index (κ2) is 6.53. The van der Waals surface area contributed by atoms with Crippen LogP contribution in [0, 0.1) is 5.92 Å². The molecule has 1 N–H and O–H groups in total. The monoisotopic (exact) mass is 300 g/mol. The number of piperidine rings is 1. The van der Waals surface area contributed by atoms with E-state index in [1.165, 1.54) is 10.9 Å². The molecule has 1 fully saturated rings. The lowest BCUT2D eigenvalue weighted by atomic mass is 9.97. The number of hydrogen-bond acceptors (Lipinski definition) is 2. The molecule has 0 atom stereocenters. The molecule has 0 radical (unpaired) electrons. The summed E-state index contributed by atoms with van der Waals surface area (Å²) >= 11 is 0. The lowest BCUT2D eigenvalue weighted by Gasteiger charge is -2.31. The minimum atomic E-state index is 0.204. The van der Waals surface area contributed by atoms with Crippen molar-refractivity contribution >= 4 is 16.8 Å². The van der Waals surface area contributed by atoms with Crippen LogP contribution < -0.4 is 0 Å². The number of carbonyl (C=O) groups is 1. The third kappa shape index (κ3) is 2.88. The lowest BCUT2D eigenvalue weighted by molar-refractivity contribution is -0.132. The highest BCUT2D eigenvalue weighted by Gasteiger charge is 2.23. The zero-order valence-corrected chi connectivity index (χ0v) is 13.2. The van der Waals surface area contributed by atoms with Crippen LogP contribution in [0.5, 0.6) is 0 Å². The number of likely N-dealkylation sites (tertiary alicyclic amines) is 1. The Morgan fingerprint density at radius 2 is 2.00 bits per heavy atom. The van der Waals surface area contributed by atoms with Gasteiger partial charge in [0.15, 0.2) is 0 Å². The van der Waals surface area contributed by atoms with E-state index in [0.29, 0.717) is 12.3 Å². The predicted octanol–water partition coefficient (Wildman–Crippen LogP) is 2.43. The van der Waals surface area contributed by atoms with Crippen LogP contribution in [0.15, 0.2) is 30.5 Å². The fourth-order valence-corrected chi connectivity index (χ4v) is 3.36. The first-order valence-corrected chi connectivity index (χ1v) is 8.18. The van der Waals surface area contributed by atoms with Gasteiger partial charge in [-0.2, -0.15) is 0 Å². The summed E-state index contributed by atoms with van der Waals surface area (Å²) in [6.07, 6.45) is 4.41. The highest BCUT2D eigenvalue weighted by atomic mass is 16.3. The number of aliphatic hydroxyl groups excluding tert-OH is 1. The number of aryl methyl sites for hydroxylation is 1. The highest BCUT2D eigenvalue weighted by Crippen LogP contribution is 2.23. The Morgan fingerprint density at radius 1 is 1.27 bits per heavy atom. The molecule has 118 valence electrons. The number of aliphatic hydroxyl groups is 1. The molecule has 3 rings (SSSR count). The van der Waals surface area contributed by atoms with Crippen molar-refractivity contribution in [3.63, 3.8) is 0 Å². The van der Waals surface area contributed by atoms with Gasteiger partial charge < -0.3 is 14.6 Å². The zero-order valence-electron chi connectivity index (χ0n) is 13.2. The minimum Gasteiger partial charge on any atom is -0.396 e. The molecule has 0 aliphatic carbocycles.